The number of likely N-dealkylation sites (tertiary alicyclic amines) is 1. The SMILES string of the molecule is CC.Cc1c(F)c(N)cc(-c2nc3c4c(nc(OCC5CCN(C)C(=O)C5)nc4c2F)NCCNCCC(C)O3)c1C(F)(F)F. The smallest absolute Gasteiger partial charge is 0.417 e. The summed E-state index contributed by atoms with van der Waals surface area (Å²) < 4.78 is 85.6. The van der Waals surface area contributed by atoms with Crippen molar-refractivity contribution in [2.45, 2.75) is 59.2 Å². The molecule has 15 heteroatoms. The van der Waals surface area contributed by atoms with E-state index < -0.39 is 57.5 Å². The van der Waals surface area contributed by atoms with Crippen molar-refractivity contribution in [3.05, 3.63) is 28.8 Å². The van der Waals surface area contributed by atoms with E-state index in [0.717, 1.165) is 6.92 Å². The van der Waals surface area contributed by atoms with Crippen LogP contribution in [0.1, 0.15) is 51.2 Å². The van der Waals surface area contributed by atoms with E-state index in [1.54, 1.807) is 18.9 Å². The van der Waals surface area contributed by atoms with Crippen molar-refractivity contribution in [3.63, 3.8) is 0 Å². The Kier molecular flexibility index (Phi) is 10.5. The number of benzene rings is 1. The monoisotopic (exact) mass is 639 g/mol. The van der Waals surface area contributed by atoms with Crippen LogP contribution in [-0.4, -0.2) is 71.7 Å². The molecule has 0 saturated carbocycles. The van der Waals surface area contributed by atoms with E-state index in [1.807, 2.05) is 13.8 Å². The third kappa shape index (κ3) is 7.29. The second kappa shape index (κ2) is 14.0. The number of hydrogen-bond donors (Lipinski definition) is 3. The van der Waals surface area contributed by atoms with Gasteiger partial charge in [-0.2, -0.15) is 23.1 Å². The van der Waals surface area contributed by atoms with Crippen molar-refractivity contribution in [1.29, 1.82) is 0 Å². The van der Waals surface area contributed by atoms with Crippen molar-refractivity contribution in [2.24, 2.45) is 5.92 Å². The molecule has 4 N–H and O–H groups in total. The lowest BCUT2D eigenvalue weighted by atomic mass is 9.96. The summed E-state index contributed by atoms with van der Waals surface area (Å²) in [5, 5.41) is 6.33. The molecule has 0 spiro atoms. The summed E-state index contributed by atoms with van der Waals surface area (Å²) in [4.78, 5) is 26.6. The normalized spacial score (nSPS) is 19.2. The molecule has 1 fully saturated rings. The second-order valence-electron chi connectivity index (χ2n) is 10.9. The fourth-order valence-corrected chi connectivity index (χ4v) is 5.24. The Balaban J connectivity index is 0.00000226. The molecular weight excluding hydrogens is 601 g/mol. The zero-order chi connectivity index (χ0) is 33.1. The highest BCUT2D eigenvalue weighted by Crippen LogP contribution is 2.44. The van der Waals surface area contributed by atoms with Gasteiger partial charge in [0.2, 0.25) is 11.8 Å². The molecule has 2 atom stereocenters. The highest BCUT2D eigenvalue weighted by molar-refractivity contribution is 5.96. The van der Waals surface area contributed by atoms with Gasteiger partial charge in [-0.1, -0.05) is 13.8 Å². The highest BCUT2D eigenvalue weighted by Gasteiger charge is 2.39. The Bertz CT molecular complexity index is 1550. The number of pyridine rings is 1. The van der Waals surface area contributed by atoms with Crippen LogP contribution < -0.4 is 25.8 Å². The van der Waals surface area contributed by atoms with E-state index in [-0.39, 0.29) is 47.9 Å². The summed E-state index contributed by atoms with van der Waals surface area (Å²) in [6.07, 6.45) is -4.10. The average molecular weight is 640 g/mol. The molecule has 0 bridgehead atoms. The molecular formula is C30H38F5N7O3. The Morgan fingerprint density at radius 1 is 1.11 bits per heavy atom. The number of carbonyl (C=O) groups excluding carboxylic acids is 1. The largest absolute Gasteiger partial charge is 0.474 e. The number of carbonyl (C=O) groups is 1. The lowest BCUT2D eigenvalue weighted by Gasteiger charge is -2.28. The molecule has 2 unspecified atom stereocenters. The number of nitrogens with two attached hydrogens (primary N) is 1. The predicted octanol–water partition coefficient (Wildman–Crippen LogP) is 5.33. The van der Waals surface area contributed by atoms with Crippen LogP contribution in [0.25, 0.3) is 22.2 Å². The van der Waals surface area contributed by atoms with Crippen LogP contribution in [0.3, 0.4) is 0 Å². The summed E-state index contributed by atoms with van der Waals surface area (Å²) in [7, 11) is 1.71. The Labute approximate surface area is 257 Å². The molecule has 1 amide bonds. The maximum Gasteiger partial charge on any atom is 0.417 e. The van der Waals surface area contributed by atoms with Crippen molar-refractivity contribution in [1.82, 2.24) is 25.2 Å². The maximum absolute atomic E-state index is 16.4. The van der Waals surface area contributed by atoms with Crippen LogP contribution in [-0.2, 0) is 11.0 Å². The van der Waals surface area contributed by atoms with E-state index in [2.05, 4.69) is 25.6 Å². The highest BCUT2D eigenvalue weighted by atomic mass is 19.4. The van der Waals surface area contributed by atoms with Gasteiger partial charge in [0.25, 0.3) is 0 Å². The first-order chi connectivity index (χ1) is 21.3. The molecule has 5 rings (SSSR count). The molecule has 10 nitrogen and oxygen atoms in total. The molecule has 2 aromatic heterocycles. The molecule has 0 radical (unpaired) electrons. The number of alkyl halides is 3. The first kappa shape index (κ1) is 33.9. The quantitative estimate of drug-likeness (QED) is 0.257. The van der Waals surface area contributed by atoms with E-state index in [0.29, 0.717) is 45.1 Å². The summed E-state index contributed by atoms with van der Waals surface area (Å²) in [5.41, 5.74) is 0.971. The van der Waals surface area contributed by atoms with E-state index in [4.69, 9.17) is 15.2 Å². The van der Waals surface area contributed by atoms with E-state index in [1.165, 1.54) is 0 Å². The zero-order valence-corrected chi connectivity index (χ0v) is 25.9. The molecule has 246 valence electrons. The predicted molar refractivity (Wildman–Crippen MR) is 160 cm³/mol. The number of hydrogen-bond acceptors (Lipinski definition) is 9. The van der Waals surface area contributed by atoms with Gasteiger partial charge in [-0.25, -0.2) is 13.8 Å². The Morgan fingerprint density at radius 3 is 2.53 bits per heavy atom. The zero-order valence-electron chi connectivity index (χ0n) is 25.9. The van der Waals surface area contributed by atoms with Crippen molar-refractivity contribution in [2.75, 3.05) is 50.9 Å². The molecule has 2 aliphatic rings. The first-order valence-electron chi connectivity index (χ1n) is 14.9. The second-order valence-corrected chi connectivity index (χ2v) is 10.9. The van der Waals surface area contributed by atoms with Gasteiger partial charge in [0, 0.05) is 44.6 Å². The number of aromatic nitrogens is 3. The van der Waals surface area contributed by atoms with Crippen LogP contribution in [0.2, 0.25) is 0 Å². The van der Waals surface area contributed by atoms with Gasteiger partial charge < -0.3 is 30.7 Å². The number of amides is 1. The summed E-state index contributed by atoms with van der Waals surface area (Å²) in [5.74, 6) is -2.74. The number of nitrogen functional groups attached to an aromatic ring is 1. The Morgan fingerprint density at radius 2 is 1.84 bits per heavy atom. The Hall–Kier alpha value is -4.01. The number of nitrogens with one attached hydrogen (secondary N) is 2. The van der Waals surface area contributed by atoms with Crippen LogP contribution in [0.4, 0.5) is 33.5 Å². The minimum atomic E-state index is -5.06. The third-order valence-electron chi connectivity index (χ3n) is 7.64. The fourth-order valence-electron chi connectivity index (χ4n) is 5.24. The molecule has 3 aromatic rings. The van der Waals surface area contributed by atoms with Gasteiger partial charge >= 0.3 is 12.2 Å². The number of halogens is 5. The number of nitrogens with zero attached hydrogens (tertiary/aromatic N) is 4. The standard InChI is InChI=1S/C28H32F5N7O3.C2H6/c1-13-4-6-35-7-8-36-25-19-24(38-27(39-25)42-12-15-5-9-40(3)18(41)10-15)22(30)23(37-26(19)43-13)16-11-17(34)21(29)14(2)20(16)28(31,32)33;1-2/h11,13,15,35H,4-10,12,34H2,1-3H3,(H,36,38,39);1-2H3. The van der Waals surface area contributed by atoms with E-state index in [9.17, 15) is 22.4 Å². The van der Waals surface area contributed by atoms with Gasteiger partial charge in [-0.3, -0.25) is 4.79 Å². The van der Waals surface area contributed by atoms with Gasteiger partial charge in [-0.15, -0.1) is 0 Å². The minimum absolute atomic E-state index is 0.0113. The van der Waals surface area contributed by atoms with Crippen LogP contribution in [0, 0.1) is 24.5 Å². The van der Waals surface area contributed by atoms with Crippen LogP contribution >= 0.6 is 0 Å². The van der Waals surface area contributed by atoms with Crippen molar-refractivity contribution < 1.29 is 36.2 Å². The molecule has 4 heterocycles. The lowest BCUT2D eigenvalue weighted by molar-refractivity contribution is -0.137. The molecule has 1 aromatic carbocycles. The van der Waals surface area contributed by atoms with Crippen molar-refractivity contribution >= 4 is 28.3 Å². The topological polar surface area (TPSA) is 128 Å². The van der Waals surface area contributed by atoms with Gasteiger partial charge in [0.05, 0.1) is 24.0 Å². The van der Waals surface area contributed by atoms with Crippen molar-refractivity contribution in [3.8, 4) is 23.1 Å². The van der Waals surface area contributed by atoms with Crippen LogP contribution in [0.5, 0.6) is 11.9 Å². The number of rotatable bonds is 4. The lowest BCUT2D eigenvalue weighted by Crippen LogP contribution is -2.37. The summed E-state index contributed by atoms with van der Waals surface area (Å²) in [6.45, 7) is 8.73. The summed E-state index contributed by atoms with van der Waals surface area (Å²) >= 11 is 0. The van der Waals surface area contributed by atoms with Gasteiger partial charge in [0.1, 0.15) is 28.2 Å². The van der Waals surface area contributed by atoms with Gasteiger partial charge in [-0.05, 0) is 44.9 Å². The van der Waals surface area contributed by atoms with E-state index >= 15 is 4.39 Å². The number of ether oxygens (including phenoxy) is 2. The molecule has 0 aliphatic carbocycles. The van der Waals surface area contributed by atoms with Gasteiger partial charge in [0.15, 0.2) is 5.82 Å². The molecule has 45 heavy (non-hydrogen) atoms. The molecule has 2 aliphatic heterocycles. The fraction of sp³-hybridized carbons (Fsp3) is 0.533. The average Bonchev–Trinajstić information content (AvgIpc) is 3.02. The van der Waals surface area contributed by atoms with Crippen LogP contribution in [0.15, 0.2) is 6.07 Å². The third-order valence-corrected chi connectivity index (χ3v) is 7.64. The first-order valence-corrected chi connectivity index (χ1v) is 14.9. The number of anilines is 2. The number of piperidine rings is 1. The maximum atomic E-state index is 16.4. The minimum Gasteiger partial charge on any atom is -0.474 e. The summed E-state index contributed by atoms with van der Waals surface area (Å²) in [6, 6.07) is 0.466. The molecule has 1 saturated heterocycles.